The summed E-state index contributed by atoms with van der Waals surface area (Å²) in [7, 11) is 0. The molecule has 2 rings (SSSR count). The Morgan fingerprint density at radius 3 is 2.31 bits per heavy atom. The van der Waals surface area contributed by atoms with Crippen molar-refractivity contribution in [3.05, 3.63) is 63.6 Å². The fourth-order valence-corrected chi connectivity index (χ4v) is 3.10. The molecule has 0 aromatic heterocycles. The van der Waals surface area contributed by atoms with E-state index in [0.29, 0.717) is 28.9 Å². The van der Waals surface area contributed by atoms with Crippen LogP contribution in [0.1, 0.15) is 37.3 Å². The number of unbranched alkanes of at least 4 members (excludes halogenated alkanes) is 1. The number of hydrogen-bond acceptors (Lipinski definition) is 3. The van der Waals surface area contributed by atoms with E-state index in [-0.39, 0.29) is 0 Å². The lowest BCUT2D eigenvalue weighted by atomic mass is 10.2. The standard InChI is InChI=1S/C21H27Cl2NO2/c1-2-3-11-25-12-7-10-24-15-18-13-19(22)21(20(23)14-18)26-16-17-8-5-4-6-9-17/h4-6,8-9,13-14,24H,2-3,7,10-12,15-16H2,1H3. The van der Waals surface area contributed by atoms with E-state index in [9.17, 15) is 0 Å². The minimum absolute atomic E-state index is 0.440. The van der Waals surface area contributed by atoms with Gasteiger partial charge in [-0.1, -0.05) is 66.9 Å². The second-order valence-electron chi connectivity index (χ2n) is 6.16. The van der Waals surface area contributed by atoms with Crippen LogP contribution in [0.4, 0.5) is 0 Å². The van der Waals surface area contributed by atoms with Crippen LogP contribution in [0.2, 0.25) is 10.0 Å². The van der Waals surface area contributed by atoms with E-state index in [4.69, 9.17) is 32.7 Å². The average Bonchev–Trinajstić information content (AvgIpc) is 2.64. The smallest absolute Gasteiger partial charge is 0.156 e. The molecular formula is C21H27Cl2NO2. The zero-order valence-corrected chi connectivity index (χ0v) is 16.8. The molecule has 0 aliphatic carbocycles. The van der Waals surface area contributed by atoms with Crippen LogP contribution < -0.4 is 10.1 Å². The lowest BCUT2D eigenvalue weighted by Crippen LogP contribution is -2.16. The molecule has 0 aliphatic heterocycles. The van der Waals surface area contributed by atoms with Gasteiger partial charge < -0.3 is 14.8 Å². The third-order valence-electron chi connectivity index (χ3n) is 3.90. The highest BCUT2D eigenvalue weighted by atomic mass is 35.5. The maximum Gasteiger partial charge on any atom is 0.156 e. The van der Waals surface area contributed by atoms with E-state index in [0.717, 1.165) is 43.7 Å². The van der Waals surface area contributed by atoms with Crippen molar-refractivity contribution in [1.29, 1.82) is 0 Å². The molecule has 2 aromatic rings. The highest BCUT2D eigenvalue weighted by Gasteiger charge is 2.10. The summed E-state index contributed by atoms with van der Waals surface area (Å²) in [6.45, 7) is 5.86. The van der Waals surface area contributed by atoms with Crippen molar-refractivity contribution in [2.45, 2.75) is 39.3 Å². The van der Waals surface area contributed by atoms with Gasteiger partial charge in [-0.15, -0.1) is 0 Å². The number of ether oxygens (including phenoxy) is 2. The second kappa shape index (κ2) is 12.2. The zero-order valence-electron chi connectivity index (χ0n) is 15.3. The molecule has 0 atom stereocenters. The average molecular weight is 396 g/mol. The second-order valence-corrected chi connectivity index (χ2v) is 6.97. The maximum atomic E-state index is 6.35. The summed E-state index contributed by atoms with van der Waals surface area (Å²) in [4.78, 5) is 0. The largest absolute Gasteiger partial charge is 0.486 e. The predicted molar refractivity (Wildman–Crippen MR) is 109 cm³/mol. The van der Waals surface area contributed by atoms with Crippen molar-refractivity contribution in [3.8, 4) is 5.75 Å². The maximum absolute atomic E-state index is 6.35. The number of benzene rings is 2. The van der Waals surface area contributed by atoms with Gasteiger partial charge in [0.1, 0.15) is 6.61 Å². The molecule has 142 valence electrons. The molecule has 26 heavy (non-hydrogen) atoms. The zero-order chi connectivity index (χ0) is 18.6. The molecular weight excluding hydrogens is 369 g/mol. The third-order valence-corrected chi connectivity index (χ3v) is 4.46. The molecule has 0 amide bonds. The summed E-state index contributed by atoms with van der Waals surface area (Å²) >= 11 is 12.7. The lowest BCUT2D eigenvalue weighted by molar-refractivity contribution is 0.129. The lowest BCUT2D eigenvalue weighted by Gasteiger charge is -2.12. The van der Waals surface area contributed by atoms with Crippen LogP contribution in [-0.2, 0) is 17.9 Å². The number of rotatable bonds is 12. The summed E-state index contributed by atoms with van der Waals surface area (Å²) in [5.41, 5.74) is 2.12. The molecule has 5 heteroatoms. The molecule has 3 nitrogen and oxygen atoms in total. The fraction of sp³-hybridized carbons (Fsp3) is 0.429. The van der Waals surface area contributed by atoms with Crippen LogP contribution >= 0.6 is 23.2 Å². The highest BCUT2D eigenvalue weighted by Crippen LogP contribution is 2.34. The van der Waals surface area contributed by atoms with Crippen molar-refractivity contribution in [3.63, 3.8) is 0 Å². The summed E-state index contributed by atoms with van der Waals surface area (Å²) < 4.78 is 11.3. The van der Waals surface area contributed by atoms with Crippen LogP contribution in [0.15, 0.2) is 42.5 Å². The van der Waals surface area contributed by atoms with Crippen LogP contribution in [-0.4, -0.2) is 19.8 Å². The molecule has 0 fully saturated rings. The van der Waals surface area contributed by atoms with Gasteiger partial charge in [0.15, 0.2) is 5.75 Å². The van der Waals surface area contributed by atoms with E-state index in [2.05, 4.69) is 12.2 Å². The first-order valence-electron chi connectivity index (χ1n) is 9.13. The Bertz CT molecular complexity index is 627. The molecule has 0 unspecified atom stereocenters. The van der Waals surface area contributed by atoms with Gasteiger partial charge in [-0.3, -0.25) is 0 Å². The molecule has 0 saturated carbocycles. The molecule has 0 saturated heterocycles. The Morgan fingerprint density at radius 2 is 1.62 bits per heavy atom. The number of hydrogen-bond donors (Lipinski definition) is 1. The van der Waals surface area contributed by atoms with Gasteiger partial charge in [-0.25, -0.2) is 0 Å². The molecule has 0 bridgehead atoms. The monoisotopic (exact) mass is 395 g/mol. The van der Waals surface area contributed by atoms with Crippen molar-refractivity contribution in [2.75, 3.05) is 19.8 Å². The van der Waals surface area contributed by atoms with E-state index >= 15 is 0 Å². The Morgan fingerprint density at radius 1 is 0.923 bits per heavy atom. The number of halogens is 2. The molecule has 1 N–H and O–H groups in total. The Kier molecular flexibility index (Phi) is 9.86. The summed E-state index contributed by atoms with van der Waals surface area (Å²) in [6, 6.07) is 13.7. The van der Waals surface area contributed by atoms with Gasteiger partial charge in [0, 0.05) is 19.8 Å². The minimum Gasteiger partial charge on any atom is -0.486 e. The van der Waals surface area contributed by atoms with Crippen LogP contribution in [0, 0.1) is 0 Å². The quantitative estimate of drug-likeness (QED) is 0.455. The Labute approximate surface area is 166 Å². The topological polar surface area (TPSA) is 30.5 Å². The molecule has 0 heterocycles. The van der Waals surface area contributed by atoms with Gasteiger partial charge in [-0.2, -0.15) is 0 Å². The first-order valence-corrected chi connectivity index (χ1v) is 9.89. The molecule has 2 aromatic carbocycles. The predicted octanol–water partition coefficient (Wildman–Crippen LogP) is 5.87. The molecule has 0 spiro atoms. The first kappa shape index (κ1) is 21.0. The van der Waals surface area contributed by atoms with Crippen molar-refractivity contribution in [2.24, 2.45) is 0 Å². The van der Waals surface area contributed by atoms with Gasteiger partial charge in [0.05, 0.1) is 10.0 Å². The molecule has 0 radical (unpaired) electrons. The fourth-order valence-electron chi connectivity index (χ4n) is 2.46. The van der Waals surface area contributed by atoms with E-state index < -0.39 is 0 Å². The summed E-state index contributed by atoms with van der Waals surface area (Å²) in [5.74, 6) is 0.533. The molecule has 0 aliphatic rings. The van der Waals surface area contributed by atoms with Crippen molar-refractivity contribution < 1.29 is 9.47 Å². The van der Waals surface area contributed by atoms with E-state index in [1.807, 2.05) is 42.5 Å². The van der Waals surface area contributed by atoms with Crippen LogP contribution in [0.3, 0.4) is 0 Å². The first-order chi connectivity index (χ1) is 12.7. The van der Waals surface area contributed by atoms with Gasteiger partial charge in [0.2, 0.25) is 0 Å². The van der Waals surface area contributed by atoms with Gasteiger partial charge in [-0.05, 0) is 42.6 Å². The van der Waals surface area contributed by atoms with E-state index in [1.54, 1.807) is 0 Å². The minimum atomic E-state index is 0.440. The summed E-state index contributed by atoms with van der Waals surface area (Å²) in [6.07, 6.45) is 3.29. The summed E-state index contributed by atoms with van der Waals surface area (Å²) in [5, 5.41) is 4.46. The highest BCUT2D eigenvalue weighted by molar-refractivity contribution is 6.37. The van der Waals surface area contributed by atoms with Gasteiger partial charge >= 0.3 is 0 Å². The third kappa shape index (κ3) is 7.55. The normalized spacial score (nSPS) is 10.9. The van der Waals surface area contributed by atoms with Crippen LogP contribution in [0.5, 0.6) is 5.75 Å². The van der Waals surface area contributed by atoms with Crippen molar-refractivity contribution >= 4 is 23.2 Å². The Hall–Kier alpha value is -1.26. The van der Waals surface area contributed by atoms with Gasteiger partial charge in [0.25, 0.3) is 0 Å². The Balaban J connectivity index is 1.75. The van der Waals surface area contributed by atoms with E-state index in [1.165, 1.54) is 6.42 Å². The van der Waals surface area contributed by atoms with Crippen LogP contribution in [0.25, 0.3) is 0 Å². The SMILES string of the molecule is CCCCOCCCNCc1cc(Cl)c(OCc2ccccc2)c(Cl)c1. The number of nitrogens with one attached hydrogen (secondary N) is 1. The van der Waals surface area contributed by atoms with Crippen molar-refractivity contribution in [1.82, 2.24) is 5.32 Å².